The monoisotopic (exact) mass is 511 g/mol. The van der Waals surface area contributed by atoms with E-state index in [1.807, 2.05) is 6.92 Å². The standard InChI is InChI=1S/C22H30FN5O8/c1-7-9-27-15-18(25-21(24-10(3)29)26-19(15)33-6)28(22(27)32)20-17(35-12(5)31)14(23)16(36-20)13(8-2)34-11(4)30/h13-14,16-17,20H,7-9H2,1-6H3,(H,24,25,26,29)/t13?,14-,16+,17+,20+/m0/s1. The number of aromatic nitrogens is 4. The van der Waals surface area contributed by atoms with E-state index in [-0.39, 0.29) is 36.0 Å². The van der Waals surface area contributed by atoms with Crippen molar-refractivity contribution in [2.45, 2.75) is 84.7 Å². The molecular weight excluding hydrogens is 481 g/mol. The molecule has 3 heterocycles. The minimum absolute atomic E-state index is 0.00483. The molecule has 13 nitrogen and oxygen atoms in total. The fourth-order valence-electron chi connectivity index (χ4n) is 4.23. The second-order valence-corrected chi connectivity index (χ2v) is 8.28. The third-order valence-electron chi connectivity index (χ3n) is 5.55. The third kappa shape index (κ3) is 5.17. The van der Waals surface area contributed by atoms with Crippen molar-refractivity contribution in [2.75, 3.05) is 12.4 Å². The number of aryl methyl sites for hydroxylation is 1. The number of methoxy groups -OCH3 is 1. The van der Waals surface area contributed by atoms with Crippen LogP contribution in [0.5, 0.6) is 5.88 Å². The average molecular weight is 512 g/mol. The summed E-state index contributed by atoms with van der Waals surface area (Å²) in [6.45, 7) is 7.30. The predicted molar refractivity (Wildman–Crippen MR) is 123 cm³/mol. The molecule has 1 amide bonds. The first-order valence-electron chi connectivity index (χ1n) is 11.5. The van der Waals surface area contributed by atoms with Crippen LogP contribution in [0, 0.1) is 0 Å². The molecule has 3 rings (SSSR count). The number of hydrogen-bond donors (Lipinski definition) is 1. The summed E-state index contributed by atoms with van der Waals surface area (Å²) in [6.07, 6.45) is -6.52. The van der Waals surface area contributed by atoms with Crippen molar-refractivity contribution >= 4 is 35.0 Å². The lowest BCUT2D eigenvalue weighted by Crippen LogP contribution is -2.39. The normalized spacial score (nSPS) is 22.3. The highest BCUT2D eigenvalue weighted by Crippen LogP contribution is 2.38. The van der Waals surface area contributed by atoms with Gasteiger partial charge in [0.2, 0.25) is 17.7 Å². The number of anilines is 1. The number of nitrogens with zero attached hydrogens (tertiary/aromatic N) is 4. The number of esters is 2. The second kappa shape index (κ2) is 11.0. The number of carbonyl (C=O) groups excluding carboxylic acids is 3. The van der Waals surface area contributed by atoms with Crippen LogP contribution in [-0.4, -0.2) is 68.5 Å². The van der Waals surface area contributed by atoms with Gasteiger partial charge in [-0.3, -0.25) is 24.3 Å². The number of fused-ring (bicyclic) bond motifs is 1. The van der Waals surface area contributed by atoms with E-state index in [9.17, 15) is 19.2 Å². The summed E-state index contributed by atoms with van der Waals surface area (Å²) < 4.78 is 39.8. The summed E-state index contributed by atoms with van der Waals surface area (Å²) in [5, 5.41) is 2.44. The molecule has 1 fully saturated rings. The van der Waals surface area contributed by atoms with Crippen molar-refractivity contribution in [2.24, 2.45) is 0 Å². The molecule has 0 saturated carbocycles. The van der Waals surface area contributed by atoms with Crippen LogP contribution in [0.2, 0.25) is 0 Å². The van der Waals surface area contributed by atoms with E-state index in [2.05, 4.69) is 15.3 Å². The van der Waals surface area contributed by atoms with E-state index in [4.69, 9.17) is 18.9 Å². The smallest absolute Gasteiger partial charge is 0.332 e. The summed E-state index contributed by atoms with van der Waals surface area (Å²) >= 11 is 0. The molecule has 36 heavy (non-hydrogen) atoms. The van der Waals surface area contributed by atoms with Gasteiger partial charge in [-0.25, -0.2) is 13.8 Å². The first kappa shape index (κ1) is 27.0. The van der Waals surface area contributed by atoms with Crippen molar-refractivity contribution in [3.05, 3.63) is 10.5 Å². The first-order chi connectivity index (χ1) is 17.0. The van der Waals surface area contributed by atoms with Gasteiger partial charge in [0.15, 0.2) is 29.7 Å². The van der Waals surface area contributed by atoms with Gasteiger partial charge in [0.05, 0.1) is 7.11 Å². The maximum Gasteiger partial charge on any atom is 0.332 e. The fourth-order valence-corrected chi connectivity index (χ4v) is 4.23. The van der Waals surface area contributed by atoms with Crippen molar-refractivity contribution in [3.8, 4) is 5.88 Å². The molecule has 0 spiro atoms. The molecule has 198 valence electrons. The molecule has 0 aliphatic carbocycles. The zero-order valence-electron chi connectivity index (χ0n) is 20.9. The van der Waals surface area contributed by atoms with Gasteiger partial charge in [-0.05, 0) is 12.8 Å². The van der Waals surface area contributed by atoms with E-state index in [0.717, 1.165) is 11.5 Å². The third-order valence-corrected chi connectivity index (χ3v) is 5.55. The minimum Gasteiger partial charge on any atom is -0.479 e. The number of hydrogen-bond acceptors (Lipinski definition) is 10. The Labute approximate surface area is 205 Å². The van der Waals surface area contributed by atoms with Gasteiger partial charge >= 0.3 is 17.6 Å². The molecular formula is C22H30FN5O8. The fraction of sp³-hybridized carbons (Fsp3) is 0.636. The van der Waals surface area contributed by atoms with Crippen molar-refractivity contribution in [3.63, 3.8) is 0 Å². The highest BCUT2D eigenvalue weighted by Gasteiger charge is 2.53. The van der Waals surface area contributed by atoms with E-state index in [0.29, 0.717) is 6.42 Å². The number of amides is 1. The van der Waals surface area contributed by atoms with Crippen LogP contribution < -0.4 is 15.7 Å². The van der Waals surface area contributed by atoms with Gasteiger partial charge in [-0.15, -0.1) is 0 Å². The number of ether oxygens (including phenoxy) is 4. The Hall–Kier alpha value is -3.55. The van der Waals surface area contributed by atoms with E-state index in [1.54, 1.807) is 6.92 Å². The number of nitrogens with one attached hydrogen (secondary N) is 1. The molecule has 5 atom stereocenters. The van der Waals surface area contributed by atoms with Gasteiger partial charge in [0.25, 0.3) is 0 Å². The van der Waals surface area contributed by atoms with Gasteiger partial charge in [0, 0.05) is 27.3 Å². The van der Waals surface area contributed by atoms with Crippen molar-refractivity contribution in [1.29, 1.82) is 0 Å². The van der Waals surface area contributed by atoms with E-state index < -0.39 is 54.2 Å². The Kier molecular flexibility index (Phi) is 8.28. The maximum atomic E-state index is 15.7. The number of imidazole rings is 1. The molecule has 14 heteroatoms. The zero-order chi connectivity index (χ0) is 26.7. The van der Waals surface area contributed by atoms with Gasteiger partial charge in [-0.2, -0.15) is 9.97 Å². The largest absolute Gasteiger partial charge is 0.479 e. The quantitative estimate of drug-likeness (QED) is 0.490. The number of carbonyl (C=O) groups is 3. The zero-order valence-corrected chi connectivity index (χ0v) is 20.9. The van der Waals surface area contributed by atoms with E-state index >= 15 is 4.39 Å². The SMILES string of the molecule is CCCn1c(=O)n([C@@H]2O[C@H](C(CC)OC(C)=O)[C@H](F)[C@H]2OC(C)=O)c2nc(NC(C)=O)nc(OC)c21. The molecule has 2 aromatic rings. The van der Waals surface area contributed by atoms with Crippen LogP contribution in [0.1, 0.15) is 53.7 Å². The summed E-state index contributed by atoms with van der Waals surface area (Å²) in [6, 6.07) is 0. The predicted octanol–water partition coefficient (Wildman–Crippen LogP) is 1.48. The Bertz CT molecular complexity index is 1210. The highest BCUT2D eigenvalue weighted by atomic mass is 19.1. The van der Waals surface area contributed by atoms with Crippen LogP contribution in [0.3, 0.4) is 0 Å². The lowest BCUT2D eigenvalue weighted by atomic mass is 10.0. The Morgan fingerprint density at radius 2 is 1.86 bits per heavy atom. The summed E-state index contributed by atoms with van der Waals surface area (Å²) in [7, 11) is 1.34. The topological polar surface area (TPSA) is 153 Å². The molecule has 1 aliphatic rings. The van der Waals surface area contributed by atoms with Crippen LogP contribution in [0.25, 0.3) is 11.2 Å². The molecule has 0 aromatic carbocycles. The molecule has 1 N–H and O–H groups in total. The van der Waals surface area contributed by atoms with Crippen LogP contribution in [0.4, 0.5) is 10.3 Å². The lowest BCUT2D eigenvalue weighted by Gasteiger charge is -2.23. The maximum absolute atomic E-state index is 15.7. The Morgan fingerprint density at radius 3 is 2.39 bits per heavy atom. The molecule has 1 aliphatic heterocycles. The van der Waals surface area contributed by atoms with Crippen LogP contribution in [0.15, 0.2) is 4.79 Å². The molecule has 1 saturated heterocycles. The highest BCUT2D eigenvalue weighted by molar-refractivity contribution is 5.88. The average Bonchev–Trinajstić information content (AvgIpc) is 3.24. The summed E-state index contributed by atoms with van der Waals surface area (Å²) in [4.78, 5) is 57.2. The van der Waals surface area contributed by atoms with Gasteiger partial charge < -0.3 is 18.9 Å². The summed E-state index contributed by atoms with van der Waals surface area (Å²) in [5.74, 6) is -2.07. The molecule has 0 radical (unpaired) electrons. The van der Waals surface area contributed by atoms with Gasteiger partial charge in [-0.1, -0.05) is 13.8 Å². The Balaban J connectivity index is 2.26. The van der Waals surface area contributed by atoms with E-state index in [1.165, 1.54) is 25.5 Å². The van der Waals surface area contributed by atoms with Gasteiger partial charge in [0.1, 0.15) is 12.2 Å². The van der Waals surface area contributed by atoms with Crippen LogP contribution >= 0.6 is 0 Å². The van der Waals surface area contributed by atoms with Crippen LogP contribution in [-0.2, 0) is 35.1 Å². The second-order valence-electron chi connectivity index (χ2n) is 8.28. The molecule has 0 bridgehead atoms. The number of halogens is 1. The minimum atomic E-state index is -1.93. The molecule has 1 unspecified atom stereocenters. The van der Waals surface area contributed by atoms with Crippen molar-refractivity contribution in [1.82, 2.24) is 19.1 Å². The number of alkyl halides is 1. The molecule has 2 aromatic heterocycles. The summed E-state index contributed by atoms with van der Waals surface area (Å²) in [5.41, 5.74) is -0.482. The number of rotatable bonds is 9. The Morgan fingerprint density at radius 1 is 1.17 bits per heavy atom. The lowest BCUT2D eigenvalue weighted by molar-refractivity contribution is -0.159. The van der Waals surface area contributed by atoms with Crippen molar-refractivity contribution < 1.29 is 37.7 Å². The first-order valence-corrected chi connectivity index (χ1v) is 11.5.